The van der Waals surface area contributed by atoms with Gasteiger partial charge in [0.05, 0.1) is 12.1 Å². The van der Waals surface area contributed by atoms with Crippen molar-refractivity contribution in [2.24, 2.45) is 5.41 Å². The van der Waals surface area contributed by atoms with Gasteiger partial charge in [-0.2, -0.15) is 0 Å². The molecule has 5 heteroatoms. The first-order valence-corrected chi connectivity index (χ1v) is 6.54. The van der Waals surface area contributed by atoms with Gasteiger partial charge in [-0.25, -0.2) is 4.68 Å². The van der Waals surface area contributed by atoms with Crippen molar-refractivity contribution in [2.45, 2.75) is 59.0 Å². The summed E-state index contributed by atoms with van der Waals surface area (Å²) in [5, 5.41) is 15.6. The van der Waals surface area contributed by atoms with Crippen LogP contribution in [0.3, 0.4) is 0 Å². The van der Waals surface area contributed by atoms with Crippen LogP contribution in [-0.2, 0) is 0 Å². The highest BCUT2D eigenvalue weighted by Crippen LogP contribution is 2.43. The molecule has 5 nitrogen and oxygen atoms in total. The lowest BCUT2D eigenvalue weighted by Crippen LogP contribution is -2.23. The van der Waals surface area contributed by atoms with Gasteiger partial charge >= 0.3 is 0 Å². The van der Waals surface area contributed by atoms with E-state index in [-0.39, 0.29) is 6.04 Å². The first kappa shape index (κ1) is 12.5. The summed E-state index contributed by atoms with van der Waals surface area (Å²) in [4.78, 5) is 0. The Kier molecular flexibility index (Phi) is 3.47. The zero-order valence-electron chi connectivity index (χ0n) is 11.3. The number of nitrogens with zero attached hydrogens (tertiary/aromatic N) is 4. The third-order valence-electron chi connectivity index (χ3n) is 3.70. The minimum Gasteiger partial charge on any atom is -0.308 e. The van der Waals surface area contributed by atoms with Crippen molar-refractivity contribution in [3.05, 3.63) is 5.82 Å². The minimum atomic E-state index is 0.221. The summed E-state index contributed by atoms with van der Waals surface area (Å²) < 4.78 is 2.03. The molecule has 96 valence electrons. The van der Waals surface area contributed by atoms with Crippen molar-refractivity contribution < 1.29 is 0 Å². The Bertz CT molecular complexity index is 371. The maximum Gasteiger partial charge on any atom is 0.168 e. The molecule has 17 heavy (non-hydrogen) atoms. The molecule has 0 aromatic carbocycles. The molecule has 0 bridgehead atoms. The average molecular weight is 237 g/mol. The number of aromatic nitrogens is 4. The number of nitrogens with one attached hydrogen (secondary N) is 1. The largest absolute Gasteiger partial charge is 0.308 e. The Morgan fingerprint density at radius 1 is 1.53 bits per heavy atom. The lowest BCUT2D eigenvalue weighted by Gasteiger charge is -2.19. The Balaban J connectivity index is 2.14. The fourth-order valence-electron chi connectivity index (χ4n) is 2.75. The molecule has 1 heterocycles. The molecule has 0 radical (unpaired) electrons. The van der Waals surface area contributed by atoms with E-state index >= 15 is 0 Å². The van der Waals surface area contributed by atoms with E-state index in [1.54, 1.807) is 0 Å². The lowest BCUT2D eigenvalue weighted by molar-refractivity contribution is 0.339. The van der Waals surface area contributed by atoms with Crippen molar-refractivity contribution >= 4 is 0 Å². The van der Waals surface area contributed by atoms with Gasteiger partial charge in [0.2, 0.25) is 0 Å². The van der Waals surface area contributed by atoms with E-state index in [2.05, 4.69) is 48.5 Å². The second-order valence-corrected chi connectivity index (χ2v) is 5.82. The maximum absolute atomic E-state index is 4.18. The summed E-state index contributed by atoms with van der Waals surface area (Å²) in [5.74, 6) is 0.967. The Morgan fingerprint density at radius 3 is 2.88 bits per heavy atom. The quantitative estimate of drug-likeness (QED) is 0.871. The first-order chi connectivity index (χ1) is 8.03. The highest BCUT2D eigenvalue weighted by Gasteiger charge is 2.34. The van der Waals surface area contributed by atoms with Crippen LogP contribution in [0.1, 0.15) is 64.9 Å². The van der Waals surface area contributed by atoms with Gasteiger partial charge in [0, 0.05) is 0 Å². The van der Waals surface area contributed by atoms with Crippen molar-refractivity contribution in [1.82, 2.24) is 25.5 Å². The molecule has 2 atom stereocenters. The van der Waals surface area contributed by atoms with Gasteiger partial charge in [-0.15, -0.1) is 5.10 Å². The summed E-state index contributed by atoms with van der Waals surface area (Å²) in [6, 6.07) is 0.690. The lowest BCUT2D eigenvalue weighted by atomic mass is 9.92. The van der Waals surface area contributed by atoms with Crippen LogP contribution >= 0.6 is 0 Å². The predicted octanol–water partition coefficient (Wildman–Crippen LogP) is 2.09. The van der Waals surface area contributed by atoms with Crippen molar-refractivity contribution in [2.75, 3.05) is 6.54 Å². The van der Waals surface area contributed by atoms with Crippen LogP contribution < -0.4 is 5.32 Å². The zero-order valence-corrected chi connectivity index (χ0v) is 11.3. The number of tetrazole rings is 1. The molecule has 0 spiro atoms. The molecule has 2 rings (SSSR count). The standard InChI is InChI=1S/C12H23N5/c1-5-13-9(2)11-14-15-16-17(11)10-6-7-12(3,4)8-10/h9-10,13H,5-8H2,1-4H3. The van der Waals surface area contributed by atoms with E-state index in [0.717, 1.165) is 12.4 Å². The molecule has 1 fully saturated rings. The normalized spacial score (nSPS) is 25.1. The molecule has 1 aromatic heterocycles. The molecule has 0 amide bonds. The average Bonchev–Trinajstić information content (AvgIpc) is 2.84. The monoisotopic (exact) mass is 237 g/mol. The van der Waals surface area contributed by atoms with Crippen molar-refractivity contribution in [3.63, 3.8) is 0 Å². The SMILES string of the molecule is CCNC(C)c1nnnn1C1CCC(C)(C)C1. The molecule has 1 aliphatic rings. The molecular formula is C12H23N5. The van der Waals surface area contributed by atoms with Gasteiger partial charge in [-0.3, -0.25) is 0 Å². The first-order valence-electron chi connectivity index (χ1n) is 6.54. The fraction of sp³-hybridized carbons (Fsp3) is 0.917. The van der Waals surface area contributed by atoms with Crippen LogP contribution in [0.5, 0.6) is 0 Å². The van der Waals surface area contributed by atoms with Crippen LogP contribution in [0.15, 0.2) is 0 Å². The summed E-state index contributed by atoms with van der Waals surface area (Å²) in [5.41, 5.74) is 0.426. The Hall–Kier alpha value is -0.970. The smallest absolute Gasteiger partial charge is 0.168 e. The van der Waals surface area contributed by atoms with Crippen LogP contribution in [0.2, 0.25) is 0 Å². The highest BCUT2D eigenvalue weighted by molar-refractivity contribution is 4.95. The van der Waals surface area contributed by atoms with Gasteiger partial charge in [0.15, 0.2) is 5.82 Å². The third kappa shape index (κ3) is 2.65. The zero-order chi connectivity index (χ0) is 12.5. The van der Waals surface area contributed by atoms with Crippen LogP contribution in [-0.4, -0.2) is 26.8 Å². The summed E-state index contributed by atoms with van der Waals surface area (Å²) in [7, 11) is 0. The molecule has 1 saturated carbocycles. The number of rotatable bonds is 4. The van der Waals surface area contributed by atoms with Gasteiger partial charge in [0.1, 0.15) is 0 Å². The van der Waals surface area contributed by atoms with E-state index in [9.17, 15) is 0 Å². The van der Waals surface area contributed by atoms with Crippen LogP contribution in [0, 0.1) is 5.41 Å². The van der Waals surface area contributed by atoms with Gasteiger partial charge in [0.25, 0.3) is 0 Å². The molecular weight excluding hydrogens is 214 g/mol. The van der Waals surface area contributed by atoms with E-state index in [1.165, 1.54) is 19.3 Å². The van der Waals surface area contributed by atoms with Gasteiger partial charge < -0.3 is 5.32 Å². The fourth-order valence-corrected chi connectivity index (χ4v) is 2.75. The highest BCUT2D eigenvalue weighted by atomic mass is 15.6. The van der Waals surface area contributed by atoms with E-state index in [4.69, 9.17) is 0 Å². The molecule has 1 N–H and O–H groups in total. The summed E-state index contributed by atoms with van der Waals surface area (Å²) in [6.45, 7) is 9.80. The molecule has 0 aliphatic heterocycles. The third-order valence-corrected chi connectivity index (χ3v) is 3.70. The molecule has 1 aromatic rings. The van der Waals surface area contributed by atoms with Crippen molar-refractivity contribution in [1.29, 1.82) is 0 Å². The number of hydrogen-bond donors (Lipinski definition) is 1. The Labute approximate surface area is 103 Å². The van der Waals surface area contributed by atoms with Crippen LogP contribution in [0.4, 0.5) is 0 Å². The molecule has 1 aliphatic carbocycles. The summed E-state index contributed by atoms with van der Waals surface area (Å²) in [6.07, 6.45) is 3.61. The second kappa shape index (κ2) is 4.72. The van der Waals surface area contributed by atoms with E-state index in [0.29, 0.717) is 11.5 Å². The summed E-state index contributed by atoms with van der Waals surface area (Å²) >= 11 is 0. The predicted molar refractivity (Wildman–Crippen MR) is 66.6 cm³/mol. The maximum atomic E-state index is 4.18. The van der Waals surface area contributed by atoms with Crippen LogP contribution in [0.25, 0.3) is 0 Å². The van der Waals surface area contributed by atoms with Gasteiger partial charge in [-0.05, 0) is 48.6 Å². The molecule has 2 unspecified atom stereocenters. The van der Waals surface area contributed by atoms with Crippen molar-refractivity contribution in [3.8, 4) is 0 Å². The number of hydrogen-bond acceptors (Lipinski definition) is 4. The van der Waals surface area contributed by atoms with Gasteiger partial charge in [-0.1, -0.05) is 20.8 Å². The van der Waals surface area contributed by atoms with E-state index in [1.807, 2.05) is 4.68 Å². The Morgan fingerprint density at radius 2 is 2.29 bits per heavy atom. The van der Waals surface area contributed by atoms with E-state index < -0.39 is 0 Å². The second-order valence-electron chi connectivity index (χ2n) is 5.82. The minimum absolute atomic E-state index is 0.221. The molecule has 0 saturated heterocycles. The topological polar surface area (TPSA) is 55.6 Å².